The molecular weight excluding hydrogens is 238 g/mol. The highest BCUT2D eigenvalue weighted by Crippen LogP contribution is 2.23. The summed E-state index contributed by atoms with van der Waals surface area (Å²) in [5.74, 6) is 0.315. The molecule has 19 heavy (non-hydrogen) atoms. The van der Waals surface area contributed by atoms with Crippen LogP contribution in [0.25, 0.3) is 6.08 Å². The maximum atomic E-state index is 11.6. The number of rotatable bonds is 4. The lowest BCUT2D eigenvalue weighted by Crippen LogP contribution is -2.24. The van der Waals surface area contributed by atoms with E-state index in [1.54, 1.807) is 0 Å². The highest BCUT2D eigenvalue weighted by Gasteiger charge is 2.34. The summed E-state index contributed by atoms with van der Waals surface area (Å²) in [7, 11) is 1.47. The number of esters is 1. The molecule has 1 aliphatic heterocycles. The first-order valence-electron chi connectivity index (χ1n) is 6.72. The molecule has 1 aromatic rings. The van der Waals surface area contributed by atoms with Gasteiger partial charge in [0.15, 0.2) is 0 Å². The van der Waals surface area contributed by atoms with Gasteiger partial charge in [-0.1, -0.05) is 49.4 Å². The van der Waals surface area contributed by atoms with E-state index in [0.29, 0.717) is 5.92 Å². The standard InChI is InChI=1S/C16H21NO2/c1-13-11-17(12-15(13)16(18)19-2)10-6-9-14-7-4-3-5-8-14/h3-9,13,15H,10-12H2,1-2H3. The number of ether oxygens (including phenoxy) is 1. The number of nitrogens with zero attached hydrogens (tertiary/aromatic N) is 1. The van der Waals surface area contributed by atoms with Crippen molar-refractivity contribution in [3.8, 4) is 0 Å². The van der Waals surface area contributed by atoms with Gasteiger partial charge in [-0.2, -0.15) is 0 Å². The lowest BCUT2D eigenvalue weighted by Gasteiger charge is -2.12. The fourth-order valence-electron chi connectivity index (χ4n) is 2.58. The molecule has 1 fully saturated rings. The SMILES string of the molecule is COC(=O)C1CN(CC=Cc2ccccc2)CC1C. The lowest BCUT2D eigenvalue weighted by molar-refractivity contribution is -0.146. The molecule has 1 aromatic carbocycles. The van der Waals surface area contributed by atoms with Gasteiger partial charge in [-0.3, -0.25) is 9.69 Å². The van der Waals surface area contributed by atoms with Crippen LogP contribution in [0.4, 0.5) is 0 Å². The molecule has 2 rings (SSSR count). The van der Waals surface area contributed by atoms with Crippen molar-refractivity contribution in [2.45, 2.75) is 6.92 Å². The van der Waals surface area contributed by atoms with E-state index in [2.05, 4.69) is 36.1 Å². The van der Waals surface area contributed by atoms with E-state index in [-0.39, 0.29) is 11.9 Å². The summed E-state index contributed by atoms with van der Waals surface area (Å²) in [6, 6.07) is 10.2. The van der Waals surface area contributed by atoms with Gasteiger partial charge in [-0.05, 0) is 11.5 Å². The Morgan fingerprint density at radius 1 is 1.37 bits per heavy atom. The van der Waals surface area contributed by atoms with Crippen LogP contribution in [0.1, 0.15) is 12.5 Å². The van der Waals surface area contributed by atoms with Crippen molar-refractivity contribution in [1.29, 1.82) is 0 Å². The van der Waals surface area contributed by atoms with Gasteiger partial charge in [-0.25, -0.2) is 0 Å². The third kappa shape index (κ3) is 3.67. The number of hydrogen-bond donors (Lipinski definition) is 0. The van der Waals surface area contributed by atoms with Crippen molar-refractivity contribution >= 4 is 12.0 Å². The van der Waals surface area contributed by atoms with E-state index < -0.39 is 0 Å². The third-order valence-electron chi connectivity index (χ3n) is 3.67. The molecule has 0 radical (unpaired) electrons. The lowest BCUT2D eigenvalue weighted by atomic mass is 9.99. The summed E-state index contributed by atoms with van der Waals surface area (Å²) in [5.41, 5.74) is 1.21. The van der Waals surface area contributed by atoms with Crippen molar-refractivity contribution < 1.29 is 9.53 Å². The Morgan fingerprint density at radius 3 is 2.79 bits per heavy atom. The Bertz CT molecular complexity index is 441. The summed E-state index contributed by atoms with van der Waals surface area (Å²) in [4.78, 5) is 13.9. The van der Waals surface area contributed by atoms with Crippen LogP contribution in [0.2, 0.25) is 0 Å². The molecule has 1 heterocycles. The minimum absolute atomic E-state index is 0.0233. The average molecular weight is 259 g/mol. The van der Waals surface area contributed by atoms with E-state index in [1.807, 2.05) is 18.2 Å². The van der Waals surface area contributed by atoms with E-state index in [9.17, 15) is 4.79 Å². The largest absolute Gasteiger partial charge is 0.469 e. The molecule has 102 valence electrons. The normalized spacial score (nSPS) is 23.9. The molecule has 0 aliphatic carbocycles. The van der Waals surface area contributed by atoms with Crippen LogP contribution in [-0.2, 0) is 9.53 Å². The second-order valence-electron chi connectivity index (χ2n) is 5.14. The summed E-state index contributed by atoms with van der Waals surface area (Å²) in [6.45, 7) is 4.75. The molecule has 2 atom stereocenters. The molecule has 3 heteroatoms. The Labute approximate surface area is 114 Å². The molecular formula is C16H21NO2. The van der Waals surface area contributed by atoms with Crippen molar-refractivity contribution in [2.75, 3.05) is 26.7 Å². The number of carbonyl (C=O) groups excluding carboxylic acids is 1. The zero-order chi connectivity index (χ0) is 13.7. The Kier molecular flexibility index (Phi) is 4.74. The Hall–Kier alpha value is -1.61. The van der Waals surface area contributed by atoms with Crippen molar-refractivity contribution in [3.63, 3.8) is 0 Å². The van der Waals surface area contributed by atoms with Crippen LogP contribution >= 0.6 is 0 Å². The number of carbonyl (C=O) groups is 1. The van der Waals surface area contributed by atoms with Crippen molar-refractivity contribution in [3.05, 3.63) is 42.0 Å². The van der Waals surface area contributed by atoms with Crippen LogP contribution in [-0.4, -0.2) is 37.6 Å². The van der Waals surface area contributed by atoms with Crippen LogP contribution in [0.5, 0.6) is 0 Å². The highest BCUT2D eigenvalue weighted by molar-refractivity contribution is 5.73. The zero-order valence-corrected chi connectivity index (χ0v) is 11.6. The van der Waals surface area contributed by atoms with Gasteiger partial charge in [0.25, 0.3) is 0 Å². The van der Waals surface area contributed by atoms with Crippen molar-refractivity contribution in [2.24, 2.45) is 11.8 Å². The molecule has 0 spiro atoms. The Morgan fingerprint density at radius 2 is 2.11 bits per heavy atom. The monoisotopic (exact) mass is 259 g/mol. The van der Waals surface area contributed by atoms with Crippen LogP contribution in [0, 0.1) is 11.8 Å². The average Bonchev–Trinajstić information content (AvgIpc) is 2.80. The van der Waals surface area contributed by atoms with Gasteiger partial charge < -0.3 is 4.74 Å². The van der Waals surface area contributed by atoms with Gasteiger partial charge in [0.1, 0.15) is 0 Å². The maximum Gasteiger partial charge on any atom is 0.310 e. The molecule has 3 nitrogen and oxygen atoms in total. The first-order valence-corrected chi connectivity index (χ1v) is 6.72. The first kappa shape index (κ1) is 13.8. The molecule has 0 N–H and O–H groups in total. The predicted octanol–water partition coefficient (Wildman–Crippen LogP) is 2.44. The summed E-state index contributed by atoms with van der Waals surface area (Å²) < 4.78 is 4.84. The topological polar surface area (TPSA) is 29.5 Å². The number of benzene rings is 1. The predicted molar refractivity (Wildman–Crippen MR) is 76.6 cm³/mol. The van der Waals surface area contributed by atoms with E-state index in [1.165, 1.54) is 12.7 Å². The second-order valence-corrected chi connectivity index (χ2v) is 5.14. The van der Waals surface area contributed by atoms with E-state index >= 15 is 0 Å². The maximum absolute atomic E-state index is 11.6. The minimum atomic E-state index is -0.0814. The van der Waals surface area contributed by atoms with E-state index in [4.69, 9.17) is 4.74 Å². The fraction of sp³-hybridized carbons (Fsp3) is 0.438. The van der Waals surface area contributed by atoms with Gasteiger partial charge in [0.2, 0.25) is 0 Å². The van der Waals surface area contributed by atoms with Gasteiger partial charge in [-0.15, -0.1) is 0 Å². The highest BCUT2D eigenvalue weighted by atomic mass is 16.5. The molecule has 1 saturated heterocycles. The van der Waals surface area contributed by atoms with Gasteiger partial charge in [0, 0.05) is 19.6 Å². The Balaban J connectivity index is 1.85. The summed E-state index contributed by atoms with van der Waals surface area (Å²) in [5, 5.41) is 0. The fourth-order valence-corrected chi connectivity index (χ4v) is 2.58. The summed E-state index contributed by atoms with van der Waals surface area (Å²) >= 11 is 0. The van der Waals surface area contributed by atoms with Crippen LogP contribution in [0.3, 0.4) is 0 Å². The van der Waals surface area contributed by atoms with Gasteiger partial charge in [0.05, 0.1) is 13.0 Å². The molecule has 0 amide bonds. The second kappa shape index (κ2) is 6.53. The number of likely N-dealkylation sites (tertiary alicyclic amines) is 1. The van der Waals surface area contributed by atoms with E-state index in [0.717, 1.165) is 19.6 Å². The molecule has 0 saturated carbocycles. The molecule has 0 bridgehead atoms. The van der Waals surface area contributed by atoms with Crippen LogP contribution < -0.4 is 0 Å². The smallest absolute Gasteiger partial charge is 0.310 e. The quantitative estimate of drug-likeness (QED) is 0.778. The molecule has 1 aliphatic rings. The van der Waals surface area contributed by atoms with Gasteiger partial charge >= 0.3 is 5.97 Å². The third-order valence-corrected chi connectivity index (χ3v) is 3.67. The van der Waals surface area contributed by atoms with Crippen LogP contribution in [0.15, 0.2) is 36.4 Å². The zero-order valence-electron chi connectivity index (χ0n) is 11.6. The minimum Gasteiger partial charge on any atom is -0.469 e. The summed E-state index contributed by atoms with van der Waals surface area (Å²) in [6.07, 6.45) is 4.28. The molecule has 0 aromatic heterocycles. The number of hydrogen-bond acceptors (Lipinski definition) is 3. The number of methoxy groups -OCH3 is 1. The first-order chi connectivity index (χ1) is 9.20. The van der Waals surface area contributed by atoms with Crippen molar-refractivity contribution in [1.82, 2.24) is 4.90 Å². The molecule has 2 unspecified atom stereocenters.